The average molecular weight is 383 g/mol. The third kappa shape index (κ3) is 5.43. The van der Waals surface area contributed by atoms with Crippen LogP contribution >= 0.6 is 0 Å². The predicted molar refractivity (Wildman–Crippen MR) is 124 cm³/mol. The zero-order valence-corrected chi connectivity index (χ0v) is 19.2. The molecule has 0 aromatic heterocycles. The fraction of sp³-hybridized carbons (Fsp3) is 0.786. The van der Waals surface area contributed by atoms with Crippen molar-refractivity contribution in [2.75, 3.05) is 0 Å². The van der Waals surface area contributed by atoms with E-state index in [0.717, 1.165) is 41.4 Å². The first-order valence-corrected chi connectivity index (χ1v) is 12.7. The number of rotatable bonds is 8. The van der Waals surface area contributed by atoms with E-state index >= 15 is 0 Å². The maximum absolute atomic E-state index is 2.61. The number of hydrogen-bond donors (Lipinski definition) is 0. The quantitative estimate of drug-likeness (QED) is 0.421. The van der Waals surface area contributed by atoms with Crippen LogP contribution in [-0.4, -0.2) is 0 Å². The summed E-state index contributed by atoms with van der Waals surface area (Å²) in [5.74, 6) is 6.56. The molecule has 0 heteroatoms. The minimum Gasteiger partial charge on any atom is -0.0654 e. The van der Waals surface area contributed by atoms with Crippen LogP contribution in [-0.2, 0) is 0 Å². The van der Waals surface area contributed by atoms with E-state index in [1.807, 2.05) is 0 Å². The Bertz CT molecular complexity index is 530. The maximum atomic E-state index is 2.61. The van der Waals surface area contributed by atoms with E-state index in [2.05, 4.69) is 58.0 Å². The van der Waals surface area contributed by atoms with Crippen LogP contribution < -0.4 is 0 Å². The molecule has 1 aromatic rings. The Balaban J connectivity index is 1.48. The fourth-order valence-electron chi connectivity index (χ4n) is 6.93. The molecule has 3 rings (SSSR count). The van der Waals surface area contributed by atoms with Gasteiger partial charge in [0.05, 0.1) is 0 Å². The van der Waals surface area contributed by atoms with Crippen LogP contribution in [0.1, 0.15) is 110 Å². The maximum Gasteiger partial charge on any atom is -0.0136 e. The summed E-state index contributed by atoms with van der Waals surface area (Å²) in [7, 11) is 0. The van der Waals surface area contributed by atoms with E-state index in [0.29, 0.717) is 0 Å². The molecule has 0 N–H and O–H groups in total. The molecule has 1 aromatic carbocycles. The Kier molecular flexibility index (Phi) is 8.49. The first kappa shape index (κ1) is 21.9. The topological polar surface area (TPSA) is 0 Å². The van der Waals surface area contributed by atoms with Crippen LogP contribution in [0.4, 0.5) is 0 Å². The molecule has 0 aliphatic heterocycles. The Hall–Kier alpha value is -0.780. The lowest BCUT2D eigenvalue weighted by atomic mass is 9.64. The third-order valence-electron chi connectivity index (χ3n) is 8.94. The molecule has 3 unspecified atom stereocenters. The Labute approximate surface area is 175 Å². The zero-order chi connectivity index (χ0) is 19.9. The van der Waals surface area contributed by atoms with Gasteiger partial charge >= 0.3 is 0 Å². The Morgan fingerprint density at radius 1 is 0.750 bits per heavy atom. The Morgan fingerprint density at radius 2 is 1.29 bits per heavy atom. The molecule has 28 heavy (non-hydrogen) atoms. The number of hydrogen-bond acceptors (Lipinski definition) is 0. The molecule has 2 saturated carbocycles. The van der Waals surface area contributed by atoms with E-state index in [1.165, 1.54) is 70.6 Å². The van der Waals surface area contributed by atoms with Gasteiger partial charge in [-0.05, 0) is 91.9 Å². The second-order valence-electron chi connectivity index (χ2n) is 10.4. The average Bonchev–Trinajstić information content (AvgIpc) is 2.75. The van der Waals surface area contributed by atoms with E-state index in [1.54, 1.807) is 5.56 Å². The van der Waals surface area contributed by atoms with E-state index < -0.39 is 0 Å². The molecular formula is C28H46. The molecule has 0 heterocycles. The van der Waals surface area contributed by atoms with Crippen molar-refractivity contribution in [3.05, 3.63) is 35.9 Å². The molecule has 158 valence electrons. The van der Waals surface area contributed by atoms with Crippen molar-refractivity contribution >= 4 is 0 Å². The van der Waals surface area contributed by atoms with Gasteiger partial charge in [0.25, 0.3) is 0 Å². The van der Waals surface area contributed by atoms with Gasteiger partial charge < -0.3 is 0 Å². The lowest BCUT2D eigenvalue weighted by Gasteiger charge is -2.41. The van der Waals surface area contributed by atoms with E-state index in [9.17, 15) is 0 Å². The van der Waals surface area contributed by atoms with Gasteiger partial charge in [0.15, 0.2) is 0 Å². The first-order valence-electron chi connectivity index (χ1n) is 12.7. The highest BCUT2D eigenvalue weighted by Gasteiger charge is 2.34. The van der Waals surface area contributed by atoms with Crippen LogP contribution in [0.15, 0.2) is 30.3 Å². The van der Waals surface area contributed by atoms with Crippen LogP contribution in [0.2, 0.25) is 0 Å². The molecule has 0 spiro atoms. The highest BCUT2D eigenvalue weighted by Crippen LogP contribution is 2.46. The Morgan fingerprint density at radius 3 is 1.82 bits per heavy atom. The van der Waals surface area contributed by atoms with Crippen LogP contribution in [0.25, 0.3) is 0 Å². The van der Waals surface area contributed by atoms with Crippen LogP contribution in [0.3, 0.4) is 0 Å². The smallest absolute Gasteiger partial charge is 0.0136 e. The van der Waals surface area contributed by atoms with Gasteiger partial charge in [-0.2, -0.15) is 0 Å². The summed E-state index contributed by atoms with van der Waals surface area (Å²) < 4.78 is 0. The molecule has 0 amide bonds. The lowest BCUT2D eigenvalue weighted by Crippen LogP contribution is -2.30. The monoisotopic (exact) mass is 382 g/mol. The van der Waals surface area contributed by atoms with Crippen molar-refractivity contribution in [1.82, 2.24) is 0 Å². The molecule has 0 nitrogen and oxygen atoms in total. The highest BCUT2D eigenvalue weighted by molar-refractivity contribution is 5.20. The summed E-state index contributed by atoms with van der Waals surface area (Å²) in [5.41, 5.74) is 1.57. The van der Waals surface area contributed by atoms with E-state index in [-0.39, 0.29) is 0 Å². The lowest BCUT2D eigenvalue weighted by molar-refractivity contribution is 0.105. The normalized spacial score (nSPS) is 31.9. The summed E-state index contributed by atoms with van der Waals surface area (Å²) in [5, 5.41) is 0. The molecule has 2 fully saturated rings. The van der Waals surface area contributed by atoms with Gasteiger partial charge in [-0.25, -0.2) is 0 Å². The van der Waals surface area contributed by atoms with Gasteiger partial charge in [-0.1, -0.05) is 83.7 Å². The molecule has 0 saturated heterocycles. The predicted octanol–water partition coefficient (Wildman–Crippen LogP) is 8.87. The second-order valence-corrected chi connectivity index (χ2v) is 10.4. The van der Waals surface area contributed by atoms with Gasteiger partial charge in [0.1, 0.15) is 0 Å². The van der Waals surface area contributed by atoms with Crippen molar-refractivity contribution in [3.8, 4) is 0 Å². The van der Waals surface area contributed by atoms with Crippen molar-refractivity contribution in [1.29, 1.82) is 0 Å². The summed E-state index contributed by atoms with van der Waals surface area (Å²) >= 11 is 0. The number of benzene rings is 1. The van der Waals surface area contributed by atoms with Gasteiger partial charge in [-0.15, -0.1) is 0 Å². The molecule has 0 radical (unpaired) electrons. The summed E-state index contributed by atoms with van der Waals surface area (Å²) in [6.07, 6.45) is 16.2. The van der Waals surface area contributed by atoms with Crippen LogP contribution in [0, 0.1) is 35.5 Å². The highest BCUT2D eigenvalue weighted by atomic mass is 14.4. The minimum atomic E-state index is 0.744. The van der Waals surface area contributed by atoms with Crippen LogP contribution in [0.5, 0.6) is 0 Å². The first-order chi connectivity index (χ1) is 13.6. The largest absolute Gasteiger partial charge is 0.0654 e. The van der Waals surface area contributed by atoms with Gasteiger partial charge in [0.2, 0.25) is 0 Å². The van der Waals surface area contributed by atoms with Crippen molar-refractivity contribution in [2.45, 2.75) is 104 Å². The third-order valence-corrected chi connectivity index (χ3v) is 8.94. The zero-order valence-electron chi connectivity index (χ0n) is 19.2. The van der Waals surface area contributed by atoms with Gasteiger partial charge in [-0.3, -0.25) is 0 Å². The molecule has 3 atom stereocenters. The minimum absolute atomic E-state index is 0.744. The summed E-state index contributed by atoms with van der Waals surface area (Å²) in [6.45, 7) is 9.90. The molecule has 2 aliphatic rings. The summed E-state index contributed by atoms with van der Waals surface area (Å²) in [4.78, 5) is 0. The van der Waals surface area contributed by atoms with Gasteiger partial charge in [0, 0.05) is 0 Å². The molecule has 2 aliphatic carbocycles. The standard InChI is InChI=1S/C28H46/c1-5-10-23-13-15-24(16-14-23)21(3)25-17-19-26(20-18-25)22(4)28(6-2)27-11-8-7-9-12-27/h7-9,11-12,21-26,28H,5-6,10,13-20H2,1-4H3. The fourth-order valence-corrected chi connectivity index (χ4v) is 6.93. The molecule has 0 bridgehead atoms. The molecular weight excluding hydrogens is 336 g/mol. The van der Waals surface area contributed by atoms with Crippen molar-refractivity contribution in [2.24, 2.45) is 35.5 Å². The van der Waals surface area contributed by atoms with Crippen molar-refractivity contribution in [3.63, 3.8) is 0 Å². The second kappa shape index (κ2) is 10.8. The summed E-state index contributed by atoms with van der Waals surface area (Å²) in [6, 6.07) is 11.3. The van der Waals surface area contributed by atoms with Crippen molar-refractivity contribution < 1.29 is 0 Å². The SMILES string of the molecule is CCCC1CCC(C(C)C2CCC(C(C)C(CC)c3ccccc3)CC2)CC1. The van der Waals surface area contributed by atoms with E-state index in [4.69, 9.17) is 0 Å².